The minimum Gasteiger partial charge on any atom is -0.456 e. The van der Waals surface area contributed by atoms with E-state index in [1.165, 1.54) is 47.7 Å². The Hall–Kier alpha value is -8.19. The van der Waals surface area contributed by atoms with E-state index in [1.54, 1.807) is 0 Å². The van der Waals surface area contributed by atoms with Crippen molar-refractivity contribution in [2.75, 3.05) is 0 Å². The third kappa shape index (κ3) is 5.80. The first-order valence-electron chi connectivity index (χ1n) is 21.1. The van der Waals surface area contributed by atoms with Gasteiger partial charge in [0.25, 0.3) is 0 Å². The zero-order valence-corrected chi connectivity index (χ0v) is 34.6. The lowest BCUT2D eigenvalue weighted by Crippen LogP contribution is -2.00. The van der Waals surface area contributed by atoms with Gasteiger partial charge in [0, 0.05) is 64.1 Å². The van der Waals surface area contributed by atoms with Gasteiger partial charge in [0.2, 0.25) is 0 Å². The second-order valence-corrected chi connectivity index (χ2v) is 17.0. The lowest BCUT2D eigenvalue weighted by molar-refractivity contribution is 0.669. The predicted molar refractivity (Wildman–Crippen MR) is 262 cm³/mol. The Morgan fingerprint density at radius 2 is 0.952 bits per heavy atom. The summed E-state index contributed by atoms with van der Waals surface area (Å²) in [7, 11) is 0. The van der Waals surface area contributed by atoms with Gasteiger partial charge < -0.3 is 8.98 Å². The van der Waals surface area contributed by atoms with Crippen LogP contribution in [0.2, 0.25) is 0 Å². The van der Waals surface area contributed by atoms with Crippen molar-refractivity contribution in [3.63, 3.8) is 0 Å². The van der Waals surface area contributed by atoms with Crippen LogP contribution in [0.5, 0.6) is 0 Å². The molecule has 0 amide bonds. The van der Waals surface area contributed by atoms with Crippen LogP contribution in [0, 0.1) is 0 Å². The fourth-order valence-corrected chi connectivity index (χ4v) is 10.6. The van der Waals surface area contributed by atoms with Crippen LogP contribution >= 0.6 is 11.3 Å². The lowest BCUT2D eigenvalue weighted by atomic mass is 9.99. The first-order valence-corrected chi connectivity index (χ1v) is 21.9. The number of para-hydroxylation sites is 3. The Labute approximate surface area is 365 Å². The highest BCUT2D eigenvalue weighted by molar-refractivity contribution is 7.26. The number of fused-ring (bicyclic) bond motifs is 9. The van der Waals surface area contributed by atoms with Crippen molar-refractivity contribution in [1.29, 1.82) is 0 Å². The van der Waals surface area contributed by atoms with Crippen LogP contribution in [0.25, 0.3) is 126 Å². The maximum absolute atomic E-state index is 6.34. The van der Waals surface area contributed by atoms with Crippen LogP contribution < -0.4 is 0 Å². The van der Waals surface area contributed by atoms with Crippen LogP contribution in [0.4, 0.5) is 0 Å². The van der Waals surface area contributed by atoms with E-state index in [9.17, 15) is 0 Å². The summed E-state index contributed by atoms with van der Waals surface area (Å²) in [5, 5.41) is 6.93. The molecule has 0 saturated heterocycles. The van der Waals surface area contributed by atoms with E-state index in [0.717, 1.165) is 60.8 Å². The van der Waals surface area contributed by atoms with Crippen LogP contribution in [-0.2, 0) is 0 Å². The lowest BCUT2D eigenvalue weighted by Gasteiger charge is -2.11. The van der Waals surface area contributed by atoms with Crippen molar-refractivity contribution < 1.29 is 4.42 Å². The van der Waals surface area contributed by atoms with Gasteiger partial charge in [0.1, 0.15) is 11.2 Å². The summed E-state index contributed by atoms with van der Waals surface area (Å²) >= 11 is 1.82. The topological polar surface area (TPSA) is 56.7 Å². The van der Waals surface area contributed by atoms with Gasteiger partial charge in [0.05, 0.1) is 11.0 Å². The van der Waals surface area contributed by atoms with E-state index in [-0.39, 0.29) is 0 Å². The summed E-state index contributed by atoms with van der Waals surface area (Å²) in [5.41, 5.74) is 12.6. The second-order valence-electron chi connectivity index (χ2n) is 15.9. The molecule has 0 aliphatic carbocycles. The normalized spacial score (nSPS) is 11.8. The molecule has 294 valence electrons. The van der Waals surface area contributed by atoms with Crippen molar-refractivity contribution >= 4 is 75.3 Å². The molecule has 0 aliphatic rings. The molecule has 0 spiro atoms. The van der Waals surface area contributed by atoms with Gasteiger partial charge >= 0.3 is 0 Å². The van der Waals surface area contributed by atoms with Crippen LogP contribution in [-0.4, -0.2) is 19.5 Å². The van der Waals surface area contributed by atoms with Gasteiger partial charge in [0.15, 0.2) is 17.5 Å². The van der Waals surface area contributed by atoms with Gasteiger partial charge in [-0.25, -0.2) is 15.0 Å². The minimum atomic E-state index is 0.587. The minimum absolute atomic E-state index is 0.587. The summed E-state index contributed by atoms with van der Waals surface area (Å²) in [4.78, 5) is 15.7. The summed E-state index contributed by atoms with van der Waals surface area (Å²) < 4.78 is 11.1. The molecular weight excluding hydrogens is 789 g/mol. The van der Waals surface area contributed by atoms with E-state index in [1.807, 2.05) is 35.6 Å². The molecule has 4 aromatic heterocycles. The van der Waals surface area contributed by atoms with Crippen molar-refractivity contribution in [2.45, 2.75) is 0 Å². The van der Waals surface area contributed by atoms with E-state index in [0.29, 0.717) is 17.5 Å². The molecule has 13 aromatic rings. The third-order valence-electron chi connectivity index (χ3n) is 12.3. The largest absolute Gasteiger partial charge is 0.456 e. The molecule has 6 heteroatoms. The van der Waals surface area contributed by atoms with E-state index < -0.39 is 0 Å². The fourth-order valence-electron chi connectivity index (χ4n) is 9.32. The number of thiophene rings is 1. The predicted octanol–water partition coefficient (Wildman–Crippen LogP) is 15.6. The molecule has 0 N–H and O–H groups in total. The van der Waals surface area contributed by atoms with Gasteiger partial charge in [-0.05, 0) is 70.8 Å². The molecule has 13 rings (SSSR count). The molecule has 0 bridgehead atoms. The van der Waals surface area contributed by atoms with Gasteiger partial charge in [-0.3, -0.25) is 0 Å². The molecule has 0 atom stereocenters. The number of hydrogen-bond donors (Lipinski definition) is 0. The Bertz CT molecular complexity index is 3900. The Kier molecular flexibility index (Phi) is 8.01. The van der Waals surface area contributed by atoms with E-state index in [2.05, 4.69) is 187 Å². The Balaban J connectivity index is 0.991. The molecule has 4 heterocycles. The van der Waals surface area contributed by atoms with Crippen LogP contribution in [0.3, 0.4) is 0 Å². The SMILES string of the molecule is c1ccc(-c2ccc(-c3nc(-c4ccc5c(c4)oc4ccccc45)nc(-c4cccc5sc6c(-c7ccc8c9ccccc9n(-c9ccccc9)c8c7)cccc6c45)n3)cc2)cc1. The highest BCUT2D eigenvalue weighted by atomic mass is 32.1. The number of aromatic nitrogens is 4. The first-order chi connectivity index (χ1) is 31.2. The molecule has 0 fully saturated rings. The molecule has 0 aliphatic heterocycles. The van der Waals surface area contributed by atoms with Crippen molar-refractivity contribution in [3.05, 3.63) is 206 Å². The van der Waals surface area contributed by atoms with E-state index >= 15 is 0 Å². The quantitative estimate of drug-likeness (QED) is 0.168. The molecule has 5 nitrogen and oxygen atoms in total. The van der Waals surface area contributed by atoms with Gasteiger partial charge in [-0.15, -0.1) is 11.3 Å². The number of rotatable bonds is 6. The highest BCUT2D eigenvalue weighted by Crippen LogP contribution is 2.45. The molecule has 9 aromatic carbocycles. The van der Waals surface area contributed by atoms with Crippen molar-refractivity contribution in [1.82, 2.24) is 19.5 Å². The average molecular weight is 823 g/mol. The maximum atomic E-state index is 6.34. The maximum Gasteiger partial charge on any atom is 0.164 e. The van der Waals surface area contributed by atoms with E-state index in [4.69, 9.17) is 19.4 Å². The molecule has 63 heavy (non-hydrogen) atoms. The fraction of sp³-hybridized carbons (Fsp3) is 0. The monoisotopic (exact) mass is 822 g/mol. The third-order valence-corrected chi connectivity index (χ3v) is 13.5. The molecular formula is C57H34N4OS. The van der Waals surface area contributed by atoms with Gasteiger partial charge in [-0.1, -0.05) is 158 Å². The smallest absolute Gasteiger partial charge is 0.164 e. The number of hydrogen-bond acceptors (Lipinski definition) is 5. The van der Waals surface area contributed by atoms with Crippen LogP contribution in [0.1, 0.15) is 0 Å². The summed E-state index contributed by atoms with van der Waals surface area (Å²) in [6, 6.07) is 72.7. The van der Waals surface area contributed by atoms with Crippen LogP contribution in [0.15, 0.2) is 211 Å². The number of furan rings is 1. The summed E-state index contributed by atoms with van der Waals surface area (Å²) in [6.45, 7) is 0. The first kappa shape index (κ1) is 35.6. The highest BCUT2D eigenvalue weighted by Gasteiger charge is 2.20. The molecule has 0 radical (unpaired) electrons. The zero-order chi connectivity index (χ0) is 41.4. The Morgan fingerprint density at radius 1 is 0.365 bits per heavy atom. The van der Waals surface area contributed by atoms with Crippen molar-refractivity contribution in [3.8, 4) is 62.1 Å². The molecule has 0 unspecified atom stereocenters. The van der Waals surface area contributed by atoms with Crippen molar-refractivity contribution in [2.24, 2.45) is 0 Å². The summed E-state index contributed by atoms with van der Waals surface area (Å²) in [5.74, 6) is 1.82. The summed E-state index contributed by atoms with van der Waals surface area (Å²) in [6.07, 6.45) is 0. The zero-order valence-electron chi connectivity index (χ0n) is 33.7. The average Bonchev–Trinajstić information content (AvgIpc) is 4.03. The number of nitrogens with zero attached hydrogens (tertiary/aromatic N) is 4. The van der Waals surface area contributed by atoms with Gasteiger partial charge in [-0.2, -0.15) is 0 Å². The number of benzene rings is 9. The molecule has 0 saturated carbocycles. The standard InChI is InChI=1S/C57H34N4OS/c1-3-13-35(14-4-1)36-25-27-37(28-26-36)55-58-56(39-30-32-45-44-18-8-10-23-50(44)62-51(45)34-39)60-57(59-55)47-21-12-24-52-53(47)46-20-11-19-41(54(46)63-52)38-29-31-43-42-17-7-9-22-48(42)61(49(43)33-38)40-15-5-2-6-16-40/h1-34H. The second kappa shape index (κ2) is 14.2. The Morgan fingerprint density at radius 3 is 1.81 bits per heavy atom.